The van der Waals surface area contributed by atoms with Crippen LogP contribution in [-0.4, -0.2) is 12.3 Å². The van der Waals surface area contributed by atoms with Crippen LogP contribution in [0.5, 0.6) is 11.5 Å². The monoisotopic (exact) mass is 849 g/mol. The molecule has 0 saturated heterocycles. The standard InChI is InChI=1S/2C23H41O3P.Co/c2*1-4-7-9-10-11-12-13-15-22-16-18-23(19-17-22)26-27(24,25)20-21(6-3)14-8-5-2;/h2*16-19,21H,4-15,20H2,1-3H3,(H,24,25);/q;;+2/p-2. The Morgan fingerprint density at radius 1 is 0.455 bits per heavy atom. The van der Waals surface area contributed by atoms with E-state index in [1.165, 1.54) is 101 Å². The zero-order chi connectivity index (χ0) is 39.9. The number of rotatable bonds is 32. The van der Waals surface area contributed by atoms with E-state index in [0.29, 0.717) is 11.5 Å². The molecule has 2 rings (SSSR count). The fourth-order valence-corrected chi connectivity index (χ4v) is 10.1. The molecule has 0 heterocycles. The number of unbranched alkanes of at least 4 members (excludes halogenated alkanes) is 14. The van der Waals surface area contributed by atoms with Crippen LogP contribution in [0.25, 0.3) is 0 Å². The minimum absolute atomic E-state index is 0. The number of aryl methyl sites for hydroxylation is 2. The largest absolute Gasteiger partial charge is 2.00 e. The number of benzene rings is 2. The summed E-state index contributed by atoms with van der Waals surface area (Å²) < 4.78 is 35.4. The van der Waals surface area contributed by atoms with Gasteiger partial charge in [0.15, 0.2) is 15.2 Å². The van der Waals surface area contributed by atoms with E-state index in [0.717, 1.165) is 64.2 Å². The Hall–Kier alpha value is -1.07. The van der Waals surface area contributed by atoms with Crippen molar-refractivity contribution in [2.24, 2.45) is 11.8 Å². The van der Waals surface area contributed by atoms with Crippen molar-refractivity contribution in [2.45, 2.75) is 196 Å². The van der Waals surface area contributed by atoms with Crippen molar-refractivity contribution in [3.05, 3.63) is 59.7 Å². The fourth-order valence-electron chi connectivity index (χ4n) is 6.87. The summed E-state index contributed by atoms with van der Waals surface area (Å²) >= 11 is 0. The zero-order valence-electron chi connectivity index (χ0n) is 35.8. The predicted octanol–water partition coefficient (Wildman–Crippen LogP) is 14.3. The Morgan fingerprint density at radius 3 is 1.04 bits per heavy atom. The topological polar surface area (TPSA) is 98.7 Å². The van der Waals surface area contributed by atoms with E-state index in [9.17, 15) is 18.9 Å². The third-order valence-electron chi connectivity index (χ3n) is 10.5. The molecule has 6 nitrogen and oxygen atoms in total. The van der Waals surface area contributed by atoms with Crippen LogP contribution in [-0.2, 0) is 38.8 Å². The van der Waals surface area contributed by atoms with Gasteiger partial charge in [-0.15, -0.1) is 0 Å². The molecule has 1 radical (unpaired) electrons. The van der Waals surface area contributed by atoms with Crippen molar-refractivity contribution in [3.63, 3.8) is 0 Å². The van der Waals surface area contributed by atoms with Gasteiger partial charge in [-0.25, -0.2) is 0 Å². The van der Waals surface area contributed by atoms with Gasteiger partial charge in [-0.1, -0.05) is 181 Å². The Kier molecular flexibility index (Phi) is 33.2. The zero-order valence-corrected chi connectivity index (χ0v) is 38.7. The van der Waals surface area contributed by atoms with Crippen molar-refractivity contribution in [2.75, 3.05) is 12.3 Å². The smallest absolute Gasteiger partial charge is 0.769 e. The summed E-state index contributed by atoms with van der Waals surface area (Å²) in [4.78, 5) is 24.7. The van der Waals surface area contributed by atoms with Gasteiger partial charge in [0, 0.05) is 12.3 Å². The second-order valence-corrected chi connectivity index (χ2v) is 19.2. The molecule has 0 fully saturated rings. The van der Waals surface area contributed by atoms with Gasteiger partial charge in [-0.05, 0) is 85.8 Å². The molecule has 0 bridgehead atoms. The van der Waals surface area contributed by atoms with E-state index in [2.05, 4.69) is 41.5 Å². The van der Waals surface area contributed by atoms with Gasteiger partial charge < -0.3 is 18.8 Å². The molecule has 319 valence electrons. The van der Waals surface area contributed by atoms with Gasteiger partial charge in [0.05, 0.1) is 0 Å². The van der Waals surface area contributed by atoms with Gasteiger partial charge in [0.2, 0.25) is 0 Å². The van der Waals surface area contributed by atoms with Crippen LogP contribution < -0.4 is 18.8 Å². The van der Waals surface area contributed by atoms with Crippen LogP contribution in [0.3, 0.4) is 0 Å². The maximum Gasteiger partial charge on any atom is 2.00 e. The molecule has 2 aromatic carbocycles. The second-order valence-electron chi connectivity index (χ2n) is 15.6. The summed E-state index contributed by atoms with van der Waals surface area (Å²) in [5, 5.41) is 0. The molecular formula is C46H80CoO6P2. The first-order chi connectivity index (χ1) is 26.0. The van der Waals surface area contributed by atoms with Crippen molar-refractivity contribution >= 4 is 15.2 Å². The summed E-state index contributed by atoms with van der Waals surface area (Å²) in [6, 6.07) is 15.2. The molecule has 4 unspecified atom stereocenters. The van der Waals surface area contributed by atoms with Gasteiger partial charge in [-0.3, -0.25) is 9.13 Å². The summed E-state index contributed by atoms with van der Waals surface area (Å²) in [5.41, 5.74) is 2.51. The van der Waals surface area contributed by atoms with E-state index in [1.807, 2.05) is 24.3 Å². The molecule has 0 aliphatic carbocycles. The Labute approximate surface area is 349 Å². The van der Waals surface area contributed by atoms with E-state index in [4.69, 9.17) is 9.05 Å². The molecule has 4 atom stereocenters. The third-order valence-corrected chi connectivity index (χ3v) is 13.4. The molecule has 55 heavy (non-hydrogen) atoms. The van der Waals surface area contributed by atoms with Crippen LogP contribution in [0.4, 0.5) is 0 Å². The minimum atomic E-state index is -3.83. The van der Waals surface area contributed by atoms with Crippen LogP contribution >= 0.6 is 15.2 Å². The van der Waals surface area contributed by atoms with E-state index >= 15 is 0 Å². The molecule has 0 aliphatic heterocycles. The SMILES string of the molecule is CCCCCCCCCc1ccc(OP(=O)([O-])CC(CC)CCCC)cc1.CCCCCCCCCc1ccc(OP(=O)([O-])CC(CC)CCCC)cc1.[Co+2]. The molecule has 9 heteroatoms. The maximum atomic E-state index is 12.3. The van der Waals surface area contributed by atoms with Crippen molar-refractivity contribution in [1.82, 2.24) is 0 Å². The molecule has 0 aliphatic rings. The summed E-state index contributed by atoms with van der Waals surface area (Å²) in [6.07, 6.45) is 28.7. The summed E-state index contributed by atoms with van der Waals surface area (Å²) in [7, 11) is -7.66. The van der Waals surface area contributed by atoms with Gasteiger partial charge in [0.25, 0.3) is 0 Å². The van der Waals surface area contributed by atoms with E-state index in [-0.39, 0.29) is 40.9 Å². The van der Waals surface area contributed by atoms with E-state index < -0.39 is 15.2 Å². The first-order valence-electron chi connectivity index (χ1n) is 22.2. The molecule has 0 saturated carbocycles. The maximum absolute atomic E-state index is 12.3. The van der Waals surface area contributed by atoms with Crippen molar-refractivity contribution in [1.29, 1.82) is 0 Å². The van der Waals surface area contributed by atoms with Crippen LogP contribution in [0.2, 0.25) is 0 Å². The first kappa shape index (κ1) is 53.9. The Bertz CT molecular complexity index is 1160. The quantitative estimate of drug-likeness (QED) is 0.0537. The second kappa shape index (κ2) is 33.9. The van der Waals surface area contributed by atoms with Gasteiger partial charge in [0.1, 0.15) is 11.5 Å². The number of hydrogen-bond acceptors (Lipinski definition) is 6. The fraction of sp³-hybridized carbons (Fsp3) is 0.739. The minimum Gasteiger partial charge on any atom is -0.769 e. The summed E-state index contributed by atoms with van der Waals surface area (Å²) in [6.45, 7) is 12.9. The average Bonchev–Trinajstić information content (AvgIpc) is 3.15. The molecular weight excluding hydrogens is 769 g/mol. The predicted molar refractivity (Wildman–Crippen MR) is 229 cm³/mol. The molecule has 0 N–H and O–H groups in total. The van der Waals surface area contributed by atoms with Crippen LogP contribution in [0.15, 0.2) is 48.5 Å². The van der Waals surface area contributed by atoms with Crippen molar-refractivity contribution < 1.29 is 44.7 Å². The molecule has 0 amide bonds. The molecule has 0 aromatic heterocycles. The van der Waals surface area contributed by atoms with E-state index in [1.54, 1.807) is 24.3 Å². The van der Waals surface area contributed by atoms with Crippen LogP contribution in [0.1, 0.15) is 194 Å². The summed E-state index contributed by atoms with van der Waals surface area (Å²) in [5.74, 6) is 1.29. The van der Waals surface area contributed by atoms with Gasteiger partial charge in [-0.2, -0.15) is 0 Å². The third kappa shape index (κ3) is 28.9. The van der Waals surface area contributed by atoms with Crippen molar-refractivity contribution in [3.8, 4) is 11.5 Å². The van der Waals surface area contributed by atoms with Crippen LogP contribution in [0, 0.1) is 11.8 Å². The Morgan fingerprint density at radius 2 is 0.745 bits per heavy atom. The molecule has 0 spiro atoms. The normalized spacial score (nSPS) is 14.4. The first-order valence-corrected chi connectivity index (χ1v) is 25.6. The number of hydrogen-bond donors (Lipinski definition) is 0. The molecule has 2 aromatic rings. The average molecular weight is 850 g/mol. The van der Waals surface area contributed by atoms with Gasteiger partial charge >= 0.3 is 16.8 Å². The Balaban J connectivity index is 0.00000104.